The predicted octanol–water partition coefficient (Wildman–Crippen LogP) is 0.101. The molecule has 15 heavy (non-hydrogen) atoms. The quantitative estimate of drug-likeness (QED) is 0.643. The first-order chi connectivity index (χ1) is 7.06. The number of likely N-dealkylation sites (N-methyl/N-ethyl adjacent to an activating group) is 2. The number of hydrogen-bond donors (Lipinski definition) is 2. The van der Waals surface area contributed by atoms with E-state index in [-0.39, 0.29) is 5.75 Å². The minimum atomic E-state index is -0.675. The third kappa shape index (κ3) is 2.46. The Morgan fingerprint density at radius 1 is 1.27 bits per heavy atom. The van der Waals surface area contributed by atoms with Gasteiger partial charge in [0.2, 0.25) is 0 Å². The fraction of sp³-hybridized carbons (Fsp3) is 0.200. The van der Waals surface area contributed by atoms with Gasteiger partial charge in [-0.15, -0.1) is 0 Å². The fourth-order valence-electron chi connectivity index (χ4n) is 1.05. The normalized spacial score (nSPS) is 9.47. The van der Waals surface area contributed by atoms with E-state index in [1.807, 2.05) is 0 Å². The number of carbonyl (C=O) groups excluding carboxylic acids is 2. The van der Waals surface area contributed by atoms with Gasteiger partial charge in [-0.05, 0) is 24.3 Å². The molecule has 80 valence electrons. The standard InChI is InChI=1S/C10H12N2O3/c1-11-9(14)10(15)12(2)7-3-5-8(13)6-4-7/h3-6,13H,1-2H3,(H,11,14). The third-order valence-corrected chi connectivity index (χ3v) is 1.96. The van der Waals surface area contributed by atoms with Gasteiger partial charge < -0.3 is 15.3 Å². The Balaban J connectivity index is 2.85. The smallest absolute Gasteiger partial charge is 0.316 e. The lowest BCUT2D eigenvalue weighted by molar-refractivity contribution is -0.137. The molecule has 5 nitrogen and oxygen atoms in total. The molecule has 1 aromatic carbocycles. The first kappa shape index (κ1) is 11.0. The number of hydrogen-bond acceptors (Lipinski definition) is 3. The Bertz CT molecular complexity index is 373. The van der Waals surface area contributed by atoms with Gasteiger partial charge in [0.05, 0.1) is 0 Å². The van der Waals surface area contributed by atoms with Crippen molar-refractivity contribution in [1.82, 2.24) is 5.32 Å². The number of benzene rings is 1. The molecule has 0 atom stereocenters. The molecule has 1 rings (SSSR count). The molecule has 0 bridgehead atoms. The molecule has 0 aliphatic rings. The van der Waals surface area contributed by atoms with Gasteiger partial charge in [-0.2, -0.15) is 0 Å². The Morgan fingerprint density at radius 3 is 2.27 bits per heavy atom. The van der Waals surface area contributed by atoms with Crippen LogP contribution in [0.15, 0.2) is 24.3 Å². The van der Waals surface area contributed by atoms with Gasteiger partial charge in [0.25, 0.3) is 0 Å². The van der Waals surface area contributed by atoms with Crippen LogP contribution in [-0.4, -0.2) is 31.0 Å². The number of amides is 2. The lowest BCUT2D eigenvalue weighted by atomic mass is 10.3. The first-order valence-corrected chi connectivity index (χ1v) is 4.35. The summed E-state index contributed by atoms with van der Waals surface area (Å²) in [5.74, 6) is -1.21. The van der Waals surface area contributed by atoms with Crippen LogP contribution in [0.1, 0.15) is 0 Å². The highest BCUT2D eigenvalue weighted by Crippen LogP contribution is 2.17. The number of anilines is 1. The van der Waals surface area contributed by atoms with Crippen molar-refractivity contribution in [2.45, 2.75) is 0 Å². The van der Waals surface area contributed by atoms with Crippen molar-refractivity contribution in [3.05, 3.63) is 24.3 Å². The van der Waals surface area contributed by atoms with E-state index in [2.05, 4.69) is 5.32 Å². The Hall–Kier alpha value is -2.04. The minimum absolute atomic E-state index is 0.111. The van der Waals surface area contributed by atoms with Crippen molar-refractivity contribution in [3.8, 4) is 5.75 Å². The molecule has 0 fully saturated rings. The van der Waals surface area contributed by atoms with Crippen molar-refractivity contribution in [3.63, 3.8) is 0 Å². The topological polar surface area (TPSA) is 69.6 Å². The van der Waals surface area contributed by atoms with Crippen LogP contribution in [0, 0.1) is 0 Å². The number of nitrogens with one attached hydrogen (secondary N) is 1. The van der Waals surface area contributed by atoms with E-state index in [0.29, 0.717) is 5.69 Å². The van der Waals surface area contributed by atoms with Crippen LogP contribution in [0.2, 0.25) is 0 Å². The molecule has 2 N–H and O–H groups in total. The lowest BCUT2D eigenvalue weighted by Crippen LogP contribution is -2.39. The monoisotopic (exact) mass is 208 g/mol. The Labute approximate surface area is 87.3 Å². The minimum Gasteiger partial charge on any atom is -0.508 e. The zero-order valence-corrected chi connectivity index (χ0v) is 8.52. The van der Waals surface area contributed by atoms with Crippen LogP contribution in [0.5, 0.6) is 5.75 Å². The van der Waals surface area contributed by atoms with Gasteiger partial charge in [-0.3, -0.25) is 9.59 Å². The van der Waals surface area contributed by atoms with Gasteiger partial charge >= 0.3 is 11.8 Å². The summed E-state index contributed by atoms with van der Waals surface area (Å²) in [5.41, 5.74) is 0.543. The van der Waals surface area contributed by atoms with Crippen molar-refractivity contribution in [2.24, 2.45) is 0 Å². The highest BCUT2D eigenvalue weighted by atomic mass is 16.3. The average molecular weight is 208 g/mol. The molecule has 0 radical (unpaired) electrons. The SMILES string of the molecule is CNC(=O)C(=O)N(C)c1ccc(O)cc1. The summed E-state index contributed by atoms with van der Waals surface area (Å²) in [7, 11) is 2.88. The van der Waals surface area contributed by atoms with Crippen molar-refractivity contribution in [2.75, 3.05) is 19.0 Å². The molecule has 0 aliphatic heterocycles. The molecule has 2 amide bonds. The first-order valence-electron chi connectivity index (χ1n) is 4.35. The van der Waals surface area contributed by atoms with Gasteiger partial charge in [0.15, 0.2) is 0 Å². The average Bonchev–Trinajstić information content (AvgIpc) is 2.27. The molecule has 0 aromatic heterocycles. The predicted molar refractivity (Wildman–Crippen MR) is 55.6 cm³/mol. The molecule has 0 saturated heterocycles. The van der Waals surface area contributed by atoms with E-state index < -0.39 is 11.8 Å². The molecule has 0 unspecified atom stereocenters. The largest absolute Gasteiger partial charge is 0.508 e. The van der Waals surface area contributed by atoms with Crippen LogP contribution in [0.3, 0.4) is 0 Å². The summed E-state index contributed by atoms with van der Waals surface area (Å²) in [6, 6.07) is 6.00. The van der Waals surface area contributed by atoms with E-state index >= 15 is 0 Å². The number of nitrogens with zero attached hydrogens (tertiary/aromatic N) is 1. The maximum Gasteiger partial charge on any atom is 0.316 e. The number of phenolic OH excluding ortho intramolecular Hbond substituents is 1. The molecular formula is C10H12N2O3. The third-order valence-electron chi connectivity index (χ3n) is 1.96. The van der Waals surface area contributed by atoms with Crippen LogP contribution in [0.25, 0.3) is 0 Å². The number of carbonyl (C=O) groups is 2. The Morgan fingerprint density at radius 2 is 1.80 bits per heavy atom. The second-order valence-corrected chi connectivity index (χ2v) is 2.96. The van der Waals surface area contributed by atoms with Crippen molar-refractivity contribution < 1.29 is 14.7 Å². The number of rotatable bonds is 1. The molecule has 0 saturated carbocycles. The molecule has 0 aliphatic carbocycles. The second-order valence-electron chi connectivity index (χ2n) is 2.96. The number of aromatic hydroxyl groups is 1. The summed E-state index contributed by atoms with van der Waals surface area (Å²) in [6.07, 6.45) is 0. The van der Waals surface area contributed by atoms with E-state index in [1.165, 1.54) is 31.1 Å². The van der Waals surface area contributed by atoms with Crippen molar-refractivity contribution >= 4 is 17.5 Å². The molecule has 0 spiro atoms. The molecule has 0 heterocycles. The summed E-state index contributed by atoms with van der Waals surface area (Å²) >= 11 is 0. The van der Waals surface area contributed by atoms with Crippen LogP contribution >= 0.6 is 0 Å². The maximum atomic E-state index is 11.4. The summed E-state index contributed by atoms with van der Waals surface area (Å²) in [5, 5.41) is 11.3. The molecule has 1 aromatic rings. The highest BCUT2D eigenvalue weighted by molar-refractivity contribution is 6.40. The second kappa shape index (κ2) is 4.45. The van der Waals surface area contributed by atoms with E-state index in [4.69, 9.17) is 5.11 Å². The van der Waals surface area contributed by atoms with Gasteiger partial charge in [0, 0.05) is 19.8 Å². The van der Waals surface area contributed by atoms with E-state index in [9.17, 15) is 9.59 Å². The maximum absolute atomic E-state index is 11.4. The zero-order valence-electron chi connectivity index (χ0n) is 8.52. The number of phenols is 1. The summed E-state index contributed by atoms with van der Waals surface area (Å²) < 4.78 is 0. The lowest BCUT2D eigenvalue weighted by Gasteiger charge is -2.15. The van der Waals surface area contributed by atoms with Crippen molar-refractivity contribution in [1.29, 1.82) is 0 Å². The van der Waals surface area contributed by atoms with E-state index in [1.54, 1.807) is 12.1 Å². The van der Waals surface area contributed by atoms with Crippen LogP contribution in [0.4, 0.5) is 5.69 Å². The van der Waals surface area contributed by atoms with Crippen LogP contribution in [-0.2, 0) is 9.59 Å². The highest BCUT2D eigenvalue weighted by Gasteiger charge is 2.17. The Kier molecular flexibility index (Phi) is 3.28. The molecular weight excluding hydrogens is 196 g/mol. The van der Waals surface area contributed by atoms with Gasteiger partial charge in [-0.25, -0.2) is 0 Å². The fourth-order valence-corrected chi connectivity index (χ4v) is 1.05. The summed E-state index contributed by atoms with van der Waals surface area (Å²) in [4.78, 5) is 23.7. The zero-order chi connectivity index (χ0) is 11.4. The van der Waals surface area contributed by atoms with Crippen LogP contribution < -0.4 is 10.2 Å². The van der Waals surface area contributed by atoms with Gasteiger partial charge in [0.1, 0.15) is 5.75 Å². The van der Waals surface area contributed by atoms with E-state index in [0.717, 1.165) is 0 Å². The summed E-state index contributed by atoms with van der Waals surface area (Å²) in [6.45, 7) is 0. The van der Waals surface area contributed by atoms with Gasteiger partial charge in [-0.1, -0.05) is 0 Å². The molecule has 5 heteroatoms.